The predicted molar refractivity (Wildman–Crippen MR) is 77.8 cm³/mol. The molecule has 0 saturated heterocycles. The van der Waals surface area contributed by atoms with Gasteiger partial charge in [-0.05, 0) is 6.92 Å². The highest BCUT2D eigenvalue weighted by Gasteiger charge is 2.16. The fraction of sp³-hybridized carbons (Fsp3) is 0.727. The van der Waals surface area contributed by atoms with Crippen molar-refractivity contribution in [1.29, 1.82) is 0 Å². The van der Waals surface area contributed by atoms with Crippen molar-refractivity contribution in [2.24, 2.45) is 11.7 Å². The molecule has 2 N–H and O–H groups in total. The van der Waals surface area contributed by atoms with E-state index in [0.717, 1.165) is 24.0 Å². The molecule has 0 radical (unpaired) electrons. The van der Waals surface area contributed by atoms with Crippen LogP contribution in [0.15, 0.2) is 0 Å². The van der Waals surface area contributed by atoms with E-state index in [1.807, 2.05) is 6.92 Å². The molecule has 0 aliphatic heterocycles. The van der Waals surface area contributed by atoms with Gasteiger partial charge in [-0.3, -0.25) is 0 Å². The maximum Gasteiger partial charge on any atom is 0.205 e. The Morgan fingerprint density at radius 3 is 2.53 bits per heavy atom. The third-order valence-electron chi connectivity index (χ3n) is 2.58. The molecule has 0 aromatic carbocycles. The lowest BCUT2D eigenvalue weighted by molar-refractivity contribution is 0.701. The Balaban J connectivity index is 2.75. The maximum absolute atomic E-state index is 5.64. The monoisotopic (exact) mass is 272 g/mol. The highest BCUT2D eigenvalue weighted by atomic mass is 32.1. The summed E-state index contributed by atoms with van der Waals surface area (Å²) >= 11 is 6.44. The number of rotatable bonds is 6. The van der Waals surface area contributed by atoms with Crippen molar-refractivity contribution in [2.45, 2.75) is 33.6 Å². The molecule has 0 aliphatic carbocycles. The Labute approximate surface area is 112 Å². The SMILES string of the molecule is CCN(CC(C)C(N)=S)c1nc(C(C)C)ns1. The van der Waals surface area contributed by atoms with Gasteiger partial charge in [0.25, 0.3) is 0 Å². The first kappa shape index (κ1) is 14.3. The van der Waals surface area contributed by atoms with Gasteiger partial charge in [-0.1, -0.05) is 33.0 Å². The van der Waals surface area contributed by atoms with E-state index in [9.17, 15) is 0 Å². The molecule has 1 atom stereocenters. The summed E-state index contributed by atoms with van der Waals surface area (Å²) in [4.78, 5) is 7.27. The first-order chi connectivity index (χ1) is 7.95. The van der Waals surface area contributed by atoms with Crippen LogP contribution in [-0.4, -0.2) is 27.4 Å². The van der Waals surface area contributed by atoms with Crippen LogP contribution < -0.4 is 10.6 Å². The van der Waals surface area contributed by atoms with Crippen LogP contribution in [0, 0.1) is 5.92 Å². The van der Waals surface area contributed by atoms with Crippen LogP contribution in [0.3, 0.4) is 0 Å². The normalized spacial score (nSPS) is 12.8. The minimum Gasteiger partial charge on any atom is -0.393 e. The van der Waals surface area contributed by atoms with Crippen LogP contribution in [0.4, 0.5) is 5.13 Å². The van der Waals surface area contributed by atoms with Crippen LogP contribution in [0.1, 0.15) is 39.4 Å². The zero-order valence-corrected chi connectivity index (χ0v) is 12.4. The van der Waals surface area contributed by atoms with Crippen LogP contribution in [0.5, 0.6) is 0 Å². The van der Waals surface area contributed by atoms with Crippen molar-refractivity contribution < 1.29 is 0 Å². The van der Waals surface area contributed by atoms with E-state index in [0.29, 0.717) is 10.9 Å². The number of hydrogen-bond acceptors (Lipinski definition) is 5. The Bertz CT molecular complexity index is 375. The molecule has 96 valence electrons. The molecular weight excluding hydrogens is 252 g/mol. The minimum atomic E-state index is 0.191. The molecular formula is C11H20N4S2. The summed E-state index contributed by atoms with van der Waals surface area (Å²) < 4.78 is 4.36. The molecule has 0 spiro atoms. The number of hydrogen-bond donors (Lipinski definition) is 1. The van der Waals surface area contributed by atoms with Crippen LogP contribution in [0.2, 0.25) is 0 Å². The third kappa shape index (κ3) is 3.89. The first-order valence-electron chi connectivity index (χ1n) is 5.83. The van der Waals surface area contributed by atoms with Gasteiger partial charge in [-0.15, -0.1) is 0 Å². The molecule has 17 heavy (non-hydrogen) atoms. The van der Waals surface area contributed by atoms with E-state index in [1.54, 1.807) is 0 Å². The topological polar surface area (TPSA) is 55.0 Å². The van der Waals surface area contributed by atoms with E-state index < -0.39 is 0 Å². The van der Waals surface area contributed by atoms with Gasteiger partial charge in [0.1, 0.15) is 5.82 Å². The standard InChI is InChI=1S/C11H20N4S2/c1-5-15(6-8(4)9(12)16)11-13-10(7(2)3)14-17-11/h7-8H,5-6H2,1-4H3,(H2,12,16). The summed E-state index contributed by atoms with van der Waals surface area (Å²) in [5.74, 6) is 1.47. The molecule has 0 amide bonds. The lowest BCUT2D eigenvalue weighted by atomic mass is 10.2. The van der Waals surface area contributed by atoms with Crippen LogP contribution in [-0.2, 0) is 0 Å². The summed E-state index contributed by atoms with van der Waals surface area (Å²) in [6, 6.07) is 0. The van der Waals surface area contributed by atoms with Gasteiger partial charge in [0.2, 0.25) is 5.13 Å². The number of aromatic nitrogens is 2. The summed E-state index contributed by atoms with van der Waals surface area (Å²) in [6.45, 7) is 10.0. The molecule has 0 aliphatic rings. The second-order valence-electron chi connectivity index (χ2n) is 4.43. The minimum absolute atomic E-state index is 0.191. The zero-order chi connectivity index (χ0) is 13.0. The summed E-state index contributed by atoms with van der Waals surface area (Å²) in [5, 5.41) is 0.958. The lowest BCUT2D eigenvalue weighted by Crippen LogP contribution is -2.33. The molecule has 0 bridgehead atoms. The van der Waals surface area contributed by atoms with Crippen LogP contribution in [0.25, 0.3) is 0 Å². The quantitative estimate of drug-likeness (QED) is 0.806. The van der Waals surface area contributed by atoms with Crippen LogP contribution >= 0.6 is 23.8 Å². The number of thiocarbonyl (C=S) groups is 1. The lowest BCUT2D eigenvalue weighted by Gasteiger charge is -2.22. The predicted octanol–water partition coefficient (Wildman–Crippen LogP) is 2.41. The van der Waals surface area contributed by atoms with E-state index in [2.05, 4.69) is 35.0 Å². The van der Waals surface area contributed by atoms with Crippen molar-refractivity contribution in [3.05, 3.63) is 5.82 Å². The van der Waals surface area contributed by atoms with Gasteiger partial charge in [0.05, 0.1) is 4.99 Å². The van der Waals surface area contributed by atoms with E-state index in [4.69, 9.17) is 18.0 Å². The van der Waals surface area contributed by atoms with Crippen molar-refractivity contribution in [2.75, 3.05) is 18.0 Å². The fourth-order valence-electron chi connectivity index (χ4n) is 1.35. The summed E-state index contributed by atoms with van der Waals surface area (Å²) in [6.07, 6.45) is 0. The van der Waals surface area contributed by atoms with E-state index in [-0.39, 0.29) is 5.92 Å². The molecule has 0 fully saturated rings. The first-order valence-corrected chi connectivity index (χ1v) is 7.01. The van der Waals surface area contributed by atoms with E-state index in [1.165, 1.54) is 11.5 Å². The highest BCUT2D eigenvalue weighted by Crippen LogP contribution is 2.22. The number of nitrogens with two attached hydrogens (primary N) is 1. The molecule has 4 nitrogen and oxygen atoms in total. The summed E-state index contributed by atoms with van der Waals surface area (Å²) in [5.41, 5.74) is 5.64. The van der Waals surface area contributed by atoms with Gasteiger partial charge >= 0.3 is 0 Å². The van der Waals surface area contributed by atoms with Crippen molar-refractivity contribution in [3.8, 4) is 0 Å². The molecule has 1 rings (SSSR count). The molecule has 1 aromatic rings. The third-order valence-corrected chi connectivity index (χ3v) is 3.77. The number of nitrogens with zero attached hydrogens (tertiary/aromatic N) is 3. The van der Waals surface area contributed by atoms with Crippen molar-refractivity contribution in [1.82, 2.24) is 9.36 Å². The molecule has 1 unspecified atom stereocenters. The second-order valence-corrected chi connectivity index (χ2v) is 5.63. The Morgan fingerprint density at radius 1 is 1.47 bits per heavy atom. The van der Waals surface area contributed by atoms with Gasteiger partial charge in [0, 0.05) is 36.5 Å². The fourth-order valence-corrected chi connectivity index (χ4v) is 2.31. The van der Waals surface area contributed by atoms with Crippen molar-refractivity contribution in [3.63, 3.8) is 0 Å². The smallest absolute Gasteiger partial charge is 0.205 e. The van der Waals surface area contributed by atoms with Crippen molar-refractivity contribution >= 4 is 33.9 Å². The Hall–Kier alpha value is -0.750. The largest absolute Gasteiger partial charge is 0.393 e. The molecule has 1 heterocycles. The zero-order valence-electron chi connectivity index (χ0n) is 10.8. The second kappa shape index (κ2) is 6.26. The Morgan fingerprint density at radius 2 is 2.12 bits per heavy atom. The molecule has 6 heteroatoms. The molecule has 0 saturated carbocycles. The van der Waals surface area contributed by atoms with E-state index >= 15 is 0 Å². The van der Waals surface area contributed by atoms with Gasteiger partial charge in [0.15, 0.2) is 0 Å². The Kier molecular flexibility index (Phi) is 5.27. The maximum atomic E-state index is 5.64. The molecule has 1 aromatic heterocycles. The van der Waals surface area contributed by atoms with Gasteiger partial charge < -0.3 is 10.6 Å². The number of anilines is 1. The highest BCUT2D eigenvalue weighted by molar-refractivity contribution is 7.80. The average Bonchev–Trinajstić information content (AvgIpc) is 2.74. The average molecular weight is 272 g/mol. The summed E-state index contributed by atoms with van der Waals surface area (Å²) in [7, 11) is 0. The van der Waals surface area contributed by atoms with Gasteiger partial charge in [-0.25, -0.2) is 4.98 Å². The van der Waals surface area contributed by atoms with Gasteiger partial charge in [-0.2, -0.15) is 4.37 Å².